The second-order valence-corrected chi connectivity index (χ2v) is 16.5. The molecule has 7 aromatic rings. The fourth-order valence-corrected chi connectivity index (χ4v) is 8.85. The molecule has 1 saturated heterocycles. The van der Waals surface area contributed by atoms with Gasteiger partial charge in [0.15, 0.2) is 5.82 Å². The van der Waals surface area contributed by atoms with Crippen molar-refractivity contribution in [1.29, 1.82) is 0 Å². The van der Waals surface area contributed by atoms with Crippen molar-refractivity contribution in [2.24, 2.45) is 0 Å². The Morgan fingerprint density at radius 2 is 1.76 bits per heavy atom. The maximum Gasteiger partial charge on any atom is 0.338 e. The molecule has 0 saturated carbocycles. The molecule has 4 aromatic heterocycles. The maximum absolute atomic E-state index is 15.9. The number of nitrogens with one attached hydrogen (secondary N) is 1. The second-order valence-electron chi connectivity index (χ2n) is 15.9. The lowest BCUT2D eigenvalue weighted by atomic mass is 9.85. The van der Waals surface area contributed by atoms with Gasteiger partial charge in [-0.3, -0.25) is 13.9 Å². The molecule has 6 heterocycles. The summed E-state index contributed by atoms with van der Waals surface area (Å²) in [5, 5.41) is 9.49. The van der Waals surface area contributed by atoms with Crippen LogP contribution in [0, 0.1) is 25.5 Å². The number of aryl methyl sites for hydroxylation is 2. The van der Waals surface area contributed by atoms with Crippen molar-refractivity contribution in [1.82, 2.24) is 38.6 Å². The van der Waals surface area contributed by atoms with Gasteiger partial charge in [-0.15, -0.1) is 0 Å². The number of ether oxygens (including phenoxy) is 1. The Kier molecular flexibility index (Phi) is 9.19. The van der Waals surface area contributed by atoms with Gasteiger partial charge in [0, 0.05) is 59.9 Å². The SMILES string of the molecule is Cc1cc(-n2nc3c(c2-n2ccn(-c4ccc5nn(C(F)F)cc5c4F)c2=O)CN(C(=O)c2cc4cc([C@@H]5CC(C)(C)OCCC5S)ccc4[nH]2)CC3)cc(C)c1F. The summed E-state index contributed by atoms with van der Waals surface area (Å²) in [7, 11) is 0. The molecule has 3 aromatic carbocycles. The van der Waals surface area contributed by atoms with Crippen molar-refractivity contribution in [2.45, 2.75) is 76.8 Å². The van der Waals surface area contributed by atoms with E-state index < -0.39 is 18.1 Å². The van der Waals surface area contributed by atoms with Crippen LogP contribution in [0.1, 0.15) is 77.6 Å². The Morgan fingerprint density at radius 3 is 2.52 bits per heavy atom. The molecule has 2 aliphatic heterocycles. The molecule has 0 bridgehead atoms. The van der Waals surface area contributed by atoms with Crippen LogP contribution in [0.25, 0.3) is 39.0 Å². The highest BCUT2D eigenvalue weighted by molar-refractivity contribution is 7.81. The van der Waals surface area contributed by atoms with E-state index >= 15 is 4.39 Å². The first kappa shape index (κ1) is 37.9. The summed E-state index contributed by atoms with van der Waals surface area (Å²) < 4.78 is 67.9. The average molecular weight is 813 g/mol. The fourth-order valence-electron chi connectivity index (χ4n) is 8.47. The molecule has 300 valence electrons. The van der Waals surface area contributed by atoms with Gasteiger partial charge in [-0.05, 0) is 106 Å². The first-order chi connectivity index (χ1) is 27.7. The van der Waals surface area contributed by atoms with Gasteiger partial charge in [-0.25, -0.2) is 22.9 Å². The van der Waals surface area contributed by atoms with E-state index in [0.717, 1.165) is 40.1 Å². The van der Waals surface area contributed by atoms with Crippen LogP contribution in [0.4, 0.5) is 17.6 Å². The van der Waals surface area contributed by atoms with Crippen LogP contribution < -0.4 is 5.69 Å². The summed E-state index contributed by atoms with van der Waals surface area (Å²) in [6.07, 6.45) is 5.74. The van der Waals surface area contributed by atoms with Crippen LogP contribution in [0.2, 0.25) is 0 Å². The Bertz CT molecular complexity index is 2810. The van der Waals surface area contributed by atoms with Gasteiger partial charge in [-0.1, -0.05) is 6.07 Å². The summed E-state index contributed by atoms with van der Waals surface area (Å²) in [6.45, 7) is 5.58. The third-order valence-electron chi connectivity index (χ3n) is 11.4. The maximum atomic E-state index is 15.9. The minimum Gasteiger partial charge on any atom is -0.376 e. The van der Waals surface area contributed by atoms with E-state index in [1.807, 2.05) is 12.1 Å². The number of nitrogens with zero attached hydrogens (tertiary/aromatic N) is 7. The number of rotatable bonds is 6. The third-order valence-corrected chi connectivity index (χ3v) is 12.0. The zero-order valence-electron chi connectivity index (χ0n) is 32.1. The molecule has 1 amide bonds. The number of thiol groups is 1. The topological polar surface area (TPSA) is 108 Å². The molecule has 58 heavy (non-hydrogen) atoms. The summed E-state index contributed by atoms with van der Waals surface area (Å²) in [6, 6.07) is 14.0. The minimum absolute atomic E-state index is 0.00784. The number of halogens is 4. The minimum atomic E-state index is -2.97. The summed E-state index contributed by atoms with van der Waals surface area (Å²) in [5.74, 6) is -1.04. The Balaban J connectivity index is 1.09. The first-order valence-electron chi connectivity index (χ1n) is 19.1. The number of hydrogen-bond donors (Lipinski definition) is 2. The quantitative estimate of drug-likeness (QED) is 0.130. The highest BCUT2D eigenvalue weighted by Gasteiger charge is 2.34. The molecule has 0 spiro atoms. The van der Waals surface area contributed by atoms with Crippen molar-refractivity contribution in [2.75, 3.05) is 13.2 Å². The van der Waals surface area contributed by atoms with Crippen molar-refractivity contribution in [3.05, 3.63) is 123 Å². The Hall–Kier alpha value is -5.61. The molecule has 0 aliphatic carbocycles. The lowest BCUT2D eigenvalue weighted by Crippen LogP contribution is -2.36. The first-order valence-corrected chi connectivity index (χ1v) is 19.6. The molecule has 16 heteroatoms. The molecular weight excluding hydrogens is 773 g/mol. The molecule has 1 unspecified atom stereocenters. The van der Waals surface area contributed by atoms with E-state index in [1.165, 1.54) is 29.1 Å². The number of aromatic amines is 1. The monoisotopic (exact) mass is 812 g/mol. The van der Waals surface area contributed by atoms with Crippen molar-refractivity contribution in [3.8, 4) is 17.2 Å². The number of carbonyl (C=O) groups is 1. The zero-order valence-corrected chi connectivity index (χ0v) is 33.0. The highest BCUT2D eigenvalue weighted by atomic mass is 32.1. The standard InChI is InChI=1S/C42H40F4N8O3S/c1-22-15-26(16-23(2)36(22)43)54-38(52-13-12-51(41(52)56)34-8-7-31-28(37(34)44)21-53(48-31)40(45)46)29-20-50(11-9-32(29)49-54)39(55)33-18-25-17-24(5-6-30(25)47-33)27-19-42(3,4)57-14-10-35(27)58/h5-8,12-13,15-18,21,27,35,40,47,58H,9-11,14,19-20H2,1-4H3/t27-,35?/m0/s1. The van der Waals surface area contributed by atoms with Gasteiger partial charge in [0.05, 0.1) is 40.1 Å². The number of carbonyl (C=O) groups excluding carboxylic acids is 1. The van der Waals surface area contributed by atoms with Crippen LogP contribution in [-0.4, -0.2) is 68.5 Å². The average Bonchev–Trinajstić information content (AvgIpc) is 3.97. The van der Waals surface area contributed by atoms with E-state index in [0.29, 0.717) is 63.8 Å². The molecule has 1 N–H and O–H groups in total. The number of H-pyrrole nitrogens is 1. The van der Waals surface area contributed by atoms with Gasteiger partial charge in [0.25, 0.3) is 5.91 Å². The molecule has 11 nitrogen and oxygen atoms in total. The predicted octanol–water partition coefficient (Wildman–Crippen LogP) is 8.10. The van der Waals surface area contributed by atoms with Crippen LogP contribution in [-0.2, 0) is 17.7 Å². The number of aromatic nitrogens is 7. The molecular formula is C42H40F4N8O3S. The van der Waals surface area contributed by atoms with Crippen LogP contribution >= 0.6 is 12.6 Å². The van der Waals surface area contributed by atoms with E-state index in [-0.39, 0.29) is 51.6 Å². The third kappa shape index (κ3) is 6.42. The predicted molar refractivity (Wildman–Crippen MR) is 214 cm³/mol. The molecule has 2 aliphatic rings. The van der Waals surface area contributed by atoms with E-state index in [4.69, 9.17) is 22.5 Å². The van der Waals surface area contributed by atoms with E-state index in [2.05, 4.69) is 36.1 Å². The molecule has 0 radical (unpaired) electrons. The lowest BCUT2D eigenvalue weighted by Gasteiger charge is -2.28. The number of imidazole rings is 1. The Labute approximate surface area is 335 Å². The van der Waals surface area contributed by atoms with Gasteiger partial charge in [0.2, 0.25) is 0 Å². The van der Waals surface area contributed by atoms with Crippen molar-refractivity contribution < 1.29 is 27.1 Å². The molecule has 1 fully saturated rings. The number of alkyl halides is 2. The zero-order chi connectivity index (χ0) is 40.8. The summed E-state index contributed by atoms with van der Waals surface area (Å²) in [5.41, 5.74) is 3.70. The highest BCUT2D eigenvalue weighted by Crippen LogP contribution is 2.39. The largest absolute Gasteiger partial charge is 0.376 e. The lowest BCUT2D eigenvalue weighted by molar-refractivity contribution is -0.0149. The molecule has 2 atom stereocenters. The van der Waals surface area contributed by atoms with Crippen molar-refractivity contribution >= 4 is 40.3 Å². The number of benzene rings is 3. The van der Waals surface area contributed by atoms with Crippen LogP contribution in [0.5, 0.6) is 0 Å². The van der Waals surface area contributed by atoms with Gasteiger partial charge >= 0.3 is 12.2 Å². The van der Waals surface area contributed by atoms with Crippen LogP contribution in [0.15, 0.2) is 71.9 Å². The number of amides is 1. The van der Waals surface area contributed by atoms with Gasteiger partial charge in [0.1, 0.15) is 17.3 Å². The van der Waals surface area contributed by atoms with Gasteiger partial charge < -0.3 is 14.6 Å². The smallest absolute Gasteiger partial charge is 0.338 e. The van der Waals surface area contributed by atoms with Gasteiger partial charge in [-0.2, -0.15) is 31.6 Å². The second kappa shape index (κ2) is 14.0. The number of hydrogen-bond acceptors (Lipinski definition) is 6. The van der Waals surface area contributed by atoms with E-state index in [1.54, 1.807) is 35.6 Å². The van der Waals surface area contributed by atoms with Crippen LogP contribution in [0.3, 0.4) is 0 Å². The number of fused-ring (bicyclic) bond motifs is 3. The van der Waals surface area contributed by atoms with E-state index in [9.17, 15) is 22.8 Å². The molecule has 9 rings (SSSR count). The van der Waals surface area contributed by atoms with Crippen molar-refractivity contribution in [3.63, 3.8) is 0 Å². The fraction of sp³-hybridized carbons (Fsp3) is 0.333. The summed E-state index contributed by atoms with van der Waals surface area (Å²) >= 11 is 4.93. The normalized spacial score (nSPS) is 18.3. The Morgan fingerprint density at radius 1 is 1.00 bits per heavy atom. The summed E-state index contributed by atoms with van der Waals surface area (Å²) in [4.78, 5) is 33.6.